The van der Waals surface area contributed by atoms with Crippen molar-refractivity contribution < 1.29 is 9.53 Å². The summed E-state index contributed by atoms with van der Waals surface area (Å²) in [4.78, 5) is 16.7. The molecule has 5 nitrogen and oxygen atoms in total. The molecule has 1 heterocycles. The number of halogens is 2. The van der Waals surface area contributed by atoms with Crippen LogP contribution < -0.4 is 15.8 Å². The number of rotatable bonds is 8. The molecule has 0 bridgehead atoms. The lowest BCUT2D eigenvalue weighted by atomic mass is 10.2. The second-order valence-corrected chi connectivity index (χ2v) is 6.88. The van der Waals surface area contributed by atoms with Gasteiger partial charge in [-0.25, -0.2) is 4.98 Å². The first-order valence-electron chi connectivity index (χ1n) is 8.36. The second kappa shape index (κ2) is 10.7. The number of thiazole rings is 1. The highest BCUT2D eigenvalue weighted by atomic mass is 35.5. The highest BCUT2D eigenvalue weighted by Gasteiger charge is 2.31. The normalized spacial score (nSPS) is 13.9. The van der Waals surface area contributed by atoms with E-state index in [9.17, 15) is 4.79 Å². The van der Waals surface area contributed by atoms with E-state index in [1.807, 2.05) is 36.6 Å². The van der Waals surface area contributed by atoms with Gasteiger partial charge in [-0.15, -0.1) is 36.2 Å². The molecule has 1 aromatic carbocycles. The standard InChI is InChI=1S/C18H23N3O2S.2ClH/c1-2-23-15-7-5-13(6-8-15)18-20-14(11-24-18)9-17(22)21-16(10-19)12-3-4-12;;/h5-8,11-12,16H,2-4,9-10,19H2,1H3,(H,21,22);2*1H. The predicted molar refractivity (Wildman–Crippen MR) is 111 cm³/mol. The van der Waals surface area contributed by atoms with Crippen LogP contribution in [-0.4, -0.2) is 30.1 Å². The average molecular weight is 418 g/mol. The maximum absolute atomic E-state index is 12.2. The third-order valence-corrected chi connectivity index (χ3v) is 5.04. The van der Waals surface area contributed by atoms with E-state index in [4.69, 9.17) is 10.5 Å². The van der Waals surface area contributed by atoms with E-state index in [1.54, 1.807) is 11.3 Å². The molecule has 0 radical (unpaired) electrons. The molecular formula is C18H25Cl2N3O2S. The molecule has 26 heavy (non-hydrogen) atoms. The van der Waals surface area contributed by atoms with E-state index in [1.165, 1.54) is 12.8 Å². The van der Waals surface area contributed by atoms with E-state index >= 15 is 0 Å². The highest BCUT2D eigenvalue weighted by Crippen LogP contribution is 2.32. The number of ether oxygens (including phenoxy) is 1. The Labute approximate surface area is 170 Å². The minimum Gasteiger partial charge on any atom is -0.494 e. The van der Waals surface area contributed by atoms with Crippen LogP contribution in [0.3, 0.4) is 0 Å². The lowest BCUT2D eigenvalue weighted by molar-refractivity contribution is -0.121. The summed E-state index contributed by atoms with van der Waals surface area (Å²) in [5.74, 6) is 1.42. The SMILES string of the molecule is CCOc1ccc(-c2nc(CC(=O)NC(CN)C3CC3)cs2)cc1.Cl.Cl. The zero-order valence-electron chi connectivity index (χ0n) is 14.6. The number of nitrogens with one attached hydrogen (secondary N) is 1. The smallest absolute Gasteiger partial charge is 0.226 e. The van der Waals surface area contributed by atoms with E-state index in [2.05, 4.69) is 10.3 Å². The maximum atomic E-state index is 12.2. The molecule has 0 aliphatic heterocycles. The molecule has 3 N–H and O–H groups in total. The zero-order chi connectivity index (χ0) is 16.9. The molecule has 144 valence electrons. The zero-order valence-corrected chi connectivity index (χ0v) is 17.1. The summed E-state index contributed by atoms with van der Waals surface area (Å²) >= 11 is 1.55. The Morgan fingerprint density at radius 3 is 2.62 bits per heavy atom. The van der Waals surface area contributed by atoms with Gasteiger partial charge in [-0.1, -0.05) is 0 Å². The molecule has 1 aliphatic carbocycles. The minimum absolute atomic E-state index is 0. The lowest BCUT2D eigenvalue weighted by Crippen LogP contribution is -2.42. The number of hydrogen-bond acceptors (Lipinski definition) is 5. The molecule has 1 unspecified atom stereocenters. The van der Waals surface area contributed by atoms with Crippen LogP contribution in [0.1, 0.15) is 25.5 Å². The van der Waals surface area contributed by atoms with Crippen molar-refractivity contribution in [3.8, 4) is 16.3 Å². The van der Waals surface area contributed by atoms with Crippen molar-refractivity contribution in [2.75, 3.05) is 13.2 Å². The van der Waals surface area contributed by atoms with Gasteiger partial charge in [0.2, 0.25) is 5.91 Å². The summed E-state index contributed by atoms with van der Waals surface area (Å²) in [7, 11) is 0. The second-order valence-electron chi connectivity index (χ2n) is 6.03. The molecular weight excluding hydrogens is 393 g/mol. The fraction of sp³-hybridized carbons (Fsp3) is 0.444. The summed E-state index contributed by atoms with van der Waals surface area (Å²) in [6.07, 6.45) is 2.64. The predicted octanol–water partition coefficient (Wildman–Crippen LogP) is 3.45. The molecule has 8 heteroatoms. The van der Waals surface area contributed by atoms with Gasteiger partial charge in [-0.2, -0.15) is 0 Å². The first-order chi connectivity index (χ1) is 11.7. The van der Waals surface area contributed by atoms with Crippen LogP contribution >= 0.6 is 36.2 Å². The van der Waals surface area contributed by atoms with Crippen molar-refractivity contribution in [3.63, 3.8) is 0 Å². The van der Waals surface area contributed by atoms with Crippen molar-refractivity contribution in [3.05, 3.63) is 35.3 Å². The molecule has 1 saturated carbocycles. The molecule has 1 fully saturated rings. The van der Waals surface area contributed by atoms with Crippen LogP contribution in [0.25, 0.3) is 10.6 Å². The van der Waals surface area contributed by atoms with Gasteiger partial charge in [0.15, 0.2) is 0 Å². The summed E-state index contributed by atoms with van der Waals surface area (Å²) in [6.45, 7) is 3.12. The topological polar surface area (TPSA) is 77.2 Å². The average Bonchev–Trinajstić information content (AvgIpc) is 3.33. The molecule has 1 amide bonds. The Balaban J connectivity index is 0.00000169. The number of nitrogens with two attached hydrogens (primary N) is 1. The number of amides is 1. The third-order valence-electron chi connectivity index (χ3n) is 4.10. The van der Waals surface area contributed by atoms with Crippen molar-refractivity contribution in [1.82, 2.24) is 10.3 Å². The van der Waals surface area contributed by atoms with Crippen molar-refractivity contribution >= 4 is 42.1 Å². The van der Waals surface area contributed by atoms with Gasteiger partial charge in [0.1, 0.15) is 10.8 Å². The number of carbonyl (C=O) groups is 1. The van der Waals surface area contributed by atoms with Crippen LogP contribution in [0.15, 0.2) is 29.6 Å². The largest absolute Gasteiger partial charge is 0.494 e. The molecule has 0 spiro atoms. The fourth-order valence-electron chi connectivity index (χ4n) is 2.67. The van der Waals surface area contributed by atoms with E-state index in [0.29, 0.717) is 25.5 Å². The van der Waals surface area contributed by atoms with Gasteiger partial charge < -0.3 is 15.8 Å². The Morgan fingerprint density at radius 1 is 1.35 bits per heavy atom. The Morgan fingerprint density at radius 2 is 2.04 bits per heavy atom. The Kier molecular flexibility index (Phi) is 9.36. The van der Waals surface area contributed by atoms with E-state index in [-0.39, 0.29) is 36.8 Å². The molecule has 1 aromatic heterocycles. The van der Waals surface area contributed by atoms with Crippen LogP contribution in [0, 0.1) is 5.92 Å². The van der Waals surface area contributed by atoms with Crippen molar-refractivity contribution in [1.29, 1.82) is 0 Å². The highest BCUT2D eigenvalue weighted by molar-refractivity contribution is 7.13. The van der Waals surface area contributed by atoms with Crippen LogP contribution in [0.5, 0.6) is 5.75 Å². The van der Waals surface area contributed by atoms with Gasteiger partial charge >= 0.3 is 0 Å². The summed E-state index contributed by atoms with van der Waals surface area (Å²) in [5, 5.41) is 5.89. The van der Waals surface area contributed by atoms with Gasteiger partial charge in [0.05, 0.1) is 18.7 Å². The van der Waals surface area contributed by atoms with Crippen molar-refractivity contribution in [2.24, 2.45) is 11.7 Å². The third kappa shape index (κ3) is 6.13. The number of nitrogens with zero attached hydrogens (tertiary/aromatic N) is 1. The minimum atomic E-state index is 0. The lowest BCUT2D eigenvalue weighted by Gasteiger charge is -2.15. The van der Waals surface area contributed by atoms with Gasteiger partial charge in [0.25, 0.3) is 0 Å². The Bertz CT molecular complexity index is 690. The Hall–Kier alpha value is -1.34. The number of aromatic nitrogens is 1. The summed E-state index contributed by atoms with van der Waals surface area (Å²) in [6, 6.07) is 7.97. The summed E-state index contributed by atoms with van der Waals surface area (Å²) < 4.78 is 5.45. The maximum Gasteiger partial charge on any atom is 0.226 e. The van der Waals surface area contributed by atoms with Gasteiger partial charge in [-0.3, -0.25) is 4.79 Å². The van der Waals surface area contributed by atoms with Crippen LogP contribution in [0.2, 0.25) is 0 Å². The van der Waals surface area contributed by atoms with Crippen molar-refractivity contribution in [2.45, 2.75) is 32.2 Å². The molecule has 0 saturated heterocycles. The van der Waals surface area contributed by atoms with Gasteiger partial charge in [-0.05, 0) is 49.9 Å². The number of carbonyl (C=O) groups excluding carboxylic acids is 1. The van der Waals surface area contributed by atoms with Gasteiger partial charge in [0, 0.05) is 23.5 Å². The van der Waals surface area contributed by atoms with E-state index < -0.39 is 0 Å². The molecule has 2 aromatic rings. The quantitative estimate of drug-likeness (QED) is 0.689. The van der Waals surface area contributed by atoms with Crippen LogP contribution in [0.4, 0.5) is 0 Å². The number of benzene rings is 1. The summed E-state index contributed by atoms with van der Waals surface area (Å²) in [5.41, 5.74) is 7.56. The number of hydrogen-bond donors (Lipinski definition) is 2. The first-order valence-corrected chi connectivity index (χ1v) is 9.24. The molecule has 1 aliphatic rings. The molecule has 1 atom stereocenters. The fourth-order valence-corrected chi connectivity index (χ4v) is 3.50. The monoisotopic (exact) mass is 417 g/mol. The first kappa shape index (κ1) is 22.7. The van der Waals surface area contributed by atoms with Crippen LogP contribution in [-0.2, 0) is 11.2 Å². The molecule has 3 rings (SSSR count). The van der Waals surface area contributed by atoms with E-state index in [0.717, 1.165) is 22.0 Å².